The van der Waals surface area contributed by atoms with Gasteiger partial charge in [0, 0.05) is 61.9 Å². The Morgan fingerprint density at radius 3 is 2.32 bits per heavy atom. The van der Waals surface area contributed by atoms with Crippen molar-refractivity contribution in [2.75, 3.05) is 4.90 Å². The van der Waals surface area contributed by atoms with Crippen LogP contribution >= 0.6 is 11.3 Å². The number of anilines is 2. The van der Waals surface area contributed by atoms with E-state index in [4.69, 9.17) is 5.32 Å². The lowest BCUT2D eigenvalue weighted by Crippen LogP contribution is -3.13. The number of rotatable bonds is 5. The number of hydrogen-bond donors (Lipinski definition) is 1. The minimum absolute atomic E-state index is 0.00934. The van der Waals surface area contributed by atoms with Gasteiger partial charge in [-0.15, -0.1) is 11.3 Å². The number of nitriles is 1. The summed E-state index contributed by atoms with van der Waals surface area (Å²) < 4.78 is 2.68. The van der Waals surface area contributed by atoms with Crippen LogP contribution in [0.25, 0.3) is 36.6 Å². The minimum Gasteiger partial charge on any atom is -0.548 e. The number of allylic oxidation sites excluding steroid dienone is 2. The summed E-state index contributed by atoms with van der Waals surface area (Å²) in [5.74, 6) is 0.273. The van der Waals surface area contributed by atoms with Gasteiger partial charge in [-0.05, 0) is 70.3 Å². The van der Waals surface area contributed by atoms with Crippen LogP contribution in [0.15, 0.2) is 164 Å². The fourth-order valence-electron chi connectivity index (χ4n) is 8.24. The van der Waals surface area contributed by atoms with Crippen molar-refractivity contribution in [3.63, 3.8) is 0 Å². The highest BCUT2D eigenvalue weighted by Crippen LogP contribution is 2.50. The zero-order valence-electron chi connectivity index (χ0n) is 27.1. The van der Waals surface area contributed by atoms with Gasteiger partial charge in [0.1, 0.15) is 5.69 Å². The maximum absolute atomic E-state index is 9.58. The molecular weight excluding hydrogens is 629 g/mol. The van der Waals surface area contributed by atoms with Crippen molar-refractivity contribution < 1.29 is 4.90 Å². The van der Waals surface area contributed by atoms with Crippen LogP contribution in [-0.4, -0.2) is 6.04 Å². The topological polar surface area (TPSA) is 45.6 Å². The number of nitrogens with zero attached hydrogens (tertiary/aromatic N) is 3. The maximum Gasteiger partial charge on any atom is 0.129 e. The van der Waals surface area contributed by atoms with Crippen molar-refractivity contribution in [2.45, 2.75) is 24.3 Å². The fourth-order valence-corrected chi connectivity index (χ4v) is 9.47. The van der Waals surface area contributed by atoms with E-state index in [-0.39, 0.29) is 24.3 Å². The second kappa shape index (κ2) is 11.7. The van der Waals surface area contributed by atoms with Gasteiger partial charge >= 0.3 is 0 Å². The molecule has 3 heterocycles. The molecule has 1 aliphatic carbocycles. The molecule has 7 aromatic rings. The number of quaternary nitrogens is 1. The Balaban J connectivity index is 1.02. The van der Waals surface area contributed by atoms with Gasteiger partial charge in [0.2, 0.25) is 0 Å². The van der Waals surface area contributed by atoms with Crippen molar-refractivity contribution in [3.8, 4) is 17.2 Å². The molecule has 1 N–H and O–H groups in total. The average Bonchev–Trinajstić information content (AvgIpc) is 3.71. The van der Waals surface area contributed by atoms with E-state index in [1.807, 2.05) is 35.6 Å². The summed E-state index contributed by atoms with van der Waals surface area (Å²) >= 11 is 1.89. The molecule has 5 unspecified atom stereocenters. The van der Waals surface area contributed by atoms with Crippen LogP contribution in [0.5, 0.6) is 0 Å². The highest BCUT2D eigenvalue weighted by molar-refractivity contribution is 7.26. The van der Waals surface area contributed by atoms with E-state index in [1.165, 1.54) is 64.4 Å². The van der Waals surface area contributed by atoms with Crippen molar-refractivity contribution in [1.82, 2.24) is 0 Å². The Bertz CT molecular complexity index is 2520. The smallest absolute Gasteiger partial charge is 0.129 e. The molecule has 0 bridgehead atoms. The lowest BCUT2D eigenvalue weighted by molar-refractivity contribution is -0.927. The molecule has 10 rings (SSSR count). The van der Waals surface area contributed by atoms with Gasteiger partial charge in [0.15, 0.2) is 0 Å². The van der Waals surface area contributed by atoms with Gasteiger partial charge in [-0.25, -0.2) is 0 Å². The normalized spacial score (nSPS) is 21.9. The first-order chi connectivity index (χ1) is 24.7. The zero-order chi connectivity index (χ0) is 33.2. The van der Waals surface area contributed by atoms with Crippen LogP contribution in [0.1, 0.15) is 40.5 Å². The van der Waals surface area contributed by atoms with Crippen LogP contribution in [0, 0.1) is 11.3 Å². The minimum atomic E-state index is -0.0773. The Morgan fingerprint density at radius 1 is 0.680 bits per heavy atom. The van der Waals surface area contributed by atoms with E-state index >= 15 is 0 Å². The third-order valence-electron chi connectivity index (χ3n) is 10.6. The van der Waals surface area contributed by atoms with Crippen molar-refractivity contribution in [1.29, 1.82) is 5.26 Å². The molecule has 2 aliphatic heterocycles. The predicted octanol–water partition coefficient (Wildman–Crippen LogP) is 10.6. The molecule has 1 aromatic heterocycles. The molecule has 4 nitrogen and oxygen atoms in total. The number of fused-ring (bicyclic) bond motifs is 6. The summed E-state index contributed by atoms with van der Waals surface area (Å²) in [6.45, 7) is 0. The standard InChI is InChI=1S/C45H31N4S/c46-28-29-10-8-13-32(26-29)45-47-44(30-11-2-1-3-12-30)49(45)34-23-21-33(22-24-34)48-40-18-6-4-14-36(40)39-27-31(20-25-41(39)48)35-16-9-17-38-37-15-5-7-19-42(37)50-43(35)38/h1-27,36,40,44-45H/q-1/p+1. The molecule has 0 radical (unpaired) electrons. The van der Waals surface area contributed by atoms with Gasteiger partial charge in [-0.2, -0.15) is 5.26 Å². The maximum atomic E-state index is 9.58. The van der Waals surface area contributed by atoms with E-state index in [9.17, 15) is 5.26 Å². The molecule has 238 valence electrons. The lowest BCUT2D eigenvalue weighted by Gasteiger charge is -2.58. The van der Waals surface area contributed by atoms with Crippen molar-refractivity contribution >= 4 is 48.6 Å². The first kappa shape index (κ1) is 29.2. The van der Waals surface area contributed by atoms with E-state index in [1.54, 1.807) is 0 Å². The molecule has 6 aromatic carbocycles. The molecule has 1 fully saturated rings. The van der Waals surface area contributed by atoms with E-state index in [2.05, 4.69) is 151 Å². The molecule has 5 heteroatoms. The molecule has 50 heavy (non-hydrogen) atoms. The molecule has 5 atom stereocenters. The second-order valence-electron chi connectivity index (χ2n) is 13.3. The summed E-state index contributed by atoms with van der Waals surface area (Å²) in [6, 6.07) is 52.5. The number of nitrogens with one attached hydrogen (secondary N) is 1. The summed E-state index contributed by atoms with van der Waals surface area (Å²) in [4.78, 5) is 3.78. The molecule has 0 spiro atoms. The van der Waals surface area contributed by atoms with Crippen LogP contribution in [0.4, 0.5) is 17.1 Å². The van der Waals surface area contributed by atoms with Gasteiger partial charge in [0.25, 0.3) is 0 Å². The zero-order valence-corrected chi connectivity index (χ0v) is 28.0. The van der Waals surface area contributed by atoms with E-state index in [0.29, 0.717) is 5.56 Å². The Hall–Kier alpha value is -5.77. The lowest BCUT2D eigenvalue weighted by atomic mass is 9.89. The third-order valence-corrected chi connectivity index (χ3v) is 11.8. The molecule has 0 saturated carbocycles. The summed E-state index contributed by atoms with van der Waals surface area (Å²) in [7, 11) is 0. The van der Waals surface area contributed by atoms with Gasteiger partial charge < -0.3 is 15.1 Å². The summed E-state index contributed by atoms with van der Waals surface area (Å²) in [5.41, 5.74) is 10.5. The average molecular weight is 661 g/mol. The summed E-state index contributed by atoms with van der Waals surface area (Å²) in [5, 5.41) is 17.4. The largest absolute Gasteiger partial charge is 0.548 e. The van der Waals surface area contributed by atoms with Gasteiger partial charge in [-0.3, -0.25) is 0 Å². The first-order valence-electron chi connectivity index (χ1n) is 17.2. The predicted molar refractivity (Wildman–Crippen MR) is 205 cm³/mol. The fraction of sp³-hybridized carbons (Fsp3) is 0.0889. The first-order valence-corrected chi connectivity index (χ1v) is 18.0. The Labute approximate surface area is 295 Å². The second-order valence-corrected chi connectivity index (χ2v) is 14.4. The molecule has 3 aliphatic rings. The number of hydrogen-bond acceptors (Lipinski definition) is 3. The SMILES string of the molecule is N#Cc1cccc(C2[N-]C(c3ccccc3)[NH+]2c2ccc(N3c4ccc(-c5cccc6c5sc5ccccc56)cc4C4C=CC=CC43)cc2)c1. The Kier molecular flexibility index (Phi) is 6.82. The van der Waals surface area contributed by atoms with Crippen molar-refractivity contribution in [3.05, 3.63) is 191 Å². The molecule has 1 saturated heterocycles. The monoisotopic (exact) mass is 660 g/mol. The van der Waals surface area contributed by atoms with Crippen LogP contribution in [0.3, 0.4) is 0 Å². The quantitative estimate of drug-likeness (QED) is 0.200. The summed E-state index contributed by atoms with van der Waals surface area (Å²) in [6.07, 6.45) is 8.99. The van der Waals surface area contributed by atoms with E-state index < -0.39 is 0 Å². The van der Waals surface area contributed by atoms with Gasteiger partial charge in [-0.1, -0.05) is 109 Å². The van der Waals surface area contributed by atoms with Crippen LogP contribution in [0.2, 0.25) is 0 Å². The highest BCUT2D eigenvalue weighted by atomic mass is 32.1. The molecular formula is C45H32N4S. The van der Waals surface area contributed by atoms with Crippen LogP contribution in [-0.2, 0) is 0 Å². The van der Waals surface area contributed by atoms with Crippen molar-refractivity contribution in [2.24, 2.45) is 0 Å². The van der Waals surface area contributed by atoms with Gasteiger partial charge in [0.05, 0.1) is 17.7 Å². The highest BCUT2D eigenvalue weighted by Gasteiger charge is 2.39. The molecule has 0 amide bonds. The van der Waals surface area contributed by atoms with Crippen LogP contribution < -0.4 is 9.80 Å². The third kappa shape index (κ3) is 4.58. The number of thiophene rings is 1. The number of benzene rings is 6. The van der Waals surface area contributed by atoms with E-state index in [0.717, 1.165) is 5.56 Å². The Morgan fingerprint density at radius 2 is 1.44 bits per heavy atom.